The Kier molecular flexibility index (Phi) is 3.80. The molecule has 0 aromatic carbocycles. The fourth-order valence-corrected chi connectivity index (χ4v) is 5.12. The van der Waals surface area contributed by atoms with E-state index in [9.17, 15) is 4.79 Å². The zero-order valence-electron chi connectivity index (χ0n) is 12.9. The molecule has 0 N–H and O–H groups in total. The van der Waals surface area contributed by atoms with Crippen LogP contribution in [-0.4, -0.2) is 31.9 Å². The molecule has 2 heterocycles. The van der Waals surface area contributed by atoms with Gasteiger partial charge in [-0.3, -0.25) is 4.79 Å². The van der Waals surface area contributed by atoms with Gasteiger partial charge >= 0.3 is 0 Å². The lowest BCUT2D eigenvalue weighted by molar-refractivity contribution is -0.176. The summed E-state index contributed by atoms with van der Waals surface area (Å²) in [6, 6.07) is 0. The normalized spacial score (nSPS) is 41.6. The third-order valence-electron chi connectivity index (χ3n) is 4.35. The van der Waals surface area contributed by atoms with Crippen molar-refractivity contribution in [2.45, 2.75) is 64.6 Å². The number of ketones is 1. The van der Waals surface area contributed by atoms with E-state index >= 15 is 0 Å². The second-order valence-electron chi connectivity index (χ2n) is 7.08. The van der Waals surface area contributed by atoms with Crippen molar-refractivity contribution in [2.24, 2.45) is 11.8 Å². The Balaban J connectivity index is 2.38. The SMILES string of the molecule is CC(=O)CC1(O[Si](C)(C)C)C(C)C2C=CC(O2)C1C. The summed E-state index contributed by atoms with van der Waals surface area (Å²) in [6.07, 6.45) is 4.97. The average Bonchev–Trinajstić information content (AvgIpc) is 2.68. The molecule has 1 saturated heterocycles. The maximum absolute atomic E-state index is 11.8. The monoisotopic (exact) mass is 282 g/mol. The minimum Gasteiger partial charge on any atom is -0.411 e. The third-order valence-corrected chi connectivity index (χ3v) is 5.35. The van der Waals surface area contributed by atoms with Crippen LogP contribution in [0.25, 0.3) is 0 Å². The molecule has 2 bridgehead atoms. The number of fused-ring (bicyclic) bond motifs is 2. The predicted octanol–water partition coefficient (Wildman–Crippen LogP) is 3.17. The van der Waals surface area contributed by atoms with Gasteiger partial charge in [-0.05, 0) is 26.6 Å². The van der Waals surface area contributed by atoms with E-state index < -0.39 is 8.32 Å². The van der Waals surface area contributed by atoms with E-state index in [0.717, 1.165) is 0 Å². The van der Waals surface area contributed by atoms with E-state index in [1.807, 2.05) is 0 Å². The first kappa shape index (κ1) is 14.9. The molecule has 19 heavy (non-hydrogen) atoms. The molecule has 108 valence electrons. The molecule has 2 aliphatic heterocycles. The zero-order chi connectivity index (χ0) is 14.4. The maximum atomic E-state index is 11.8. The molecule has 2 rings (SSSR count). The Labute approximate surface area is 117 Å². The second kappa shape index (κ2) is 4.83. The van der Waals surface area contributed by atoms with Crippen molar-refractivity contribution in [3.63, 3.8) is 0 Å². The fraction of sp³-hybridized carbons (Fsp3) is 0.800. The number of ether oxygens (including phenoxy) is 1. The molecule has 4 heteroatoms. The molecule has 0 aromatic heterocycles. The van der Waals surface area contributed by atoms with E-state index in [1.165, 1.54) is 0 Å². The molecular weight excluding hydrogens is 256 g/mol. The molecule has 0 amide bonds. The molecule has 0 radical (unpaired) electrons. The lowest BCUT2D eigenvalue weighted by Crippen LogP contribution is -2.60. The van der Waals surface area contributed by atoms with Crippen molar-refractivity contribution in [3.8, 4) is 0 Å². The number of carbonyl (C=O) groups is 1. The fourth-order valence-electron chi connectivity index (χ4n) is 3.53. The van der Waals surface area contributed by atoms with Crippen LogP contribution in [0.2, 0.25) is 19.6 Å². The summed E-state index contributed by atoms with van der Waals surface area (Å²) in [5.41, 5.74) is -0.368. The predicted molar refractivity (Wildman–Crippen MR) is 78.6 cm³/mol. The smallest absolute Gasteiger partial charge is 0.184 e. The molecule has 0 aromatic rings. The highest BCUT2D eigenvalue weighted by Gasteiger charge is 2.55. The second-order valence-corrected chi connectivity index (χ2v) is 11.5. The topological polar surface area (TPSA) is 35.5 Å². The van der Waals surface area contributed by atoms with E-state index in [-0.39, 0.29) is 35.4 Å². The molecule has 0 spiro atoms. The highest BCUT2D eigenvalue weighted by molar-refractivity contribution is 6.69. The minimum absolute atomic E-state index is 0.0944. The quantitative estimate of drug-likeness (QED) is 0.587. The molecule has 1 fully saturated rings. The summed E-state index contributed by atoms with van der Waals surface area (Å²) < 4.78 is 12.6. The van der Waals surface area contributed by atoms with Gasteiger partial charge in [-0.2, -0.15) is 0 Å². The lowest BCUT2D eigenvalue weighted by atomic mass is 9.71. The van der Waals surface area contributed by atoms with E-state index in [2.05, 4.69) is 45.6 Å². The van der Waals surface area contributed by atoms with Gasteiger partial charge in [0.1, 0.15) is 5.78 Å². The van der Waals surface area contributed by atoms with Crippen LogP contribution in [-0.2, 0) is 14.0 Å². The van der Waals surface area contributed by atoms with Crippen molar-refractivity contribution < 1.29 is 14.0 Å². The van der Waals surface area contributed by atoms with Gasteiger partial charge in [-0.1, -0.05) is 26.0 Å². The molecule has 3 nitrogen and oxygen atoms in total. The van der Waals surface area contributed by atoms with Crippen LogP contribution in [0.4, 0.5) is 0 Å². The molecule has 0 saturated carbocycles. The Bertz CT molecular complexity index is 379. The van der Waals surface area contributed by atoms with Gasteiger partial charge in [0.2, 0.25) is 0 Å². The molecule has 0 aliphatic carbocycles. The average molecular weight is 282 g/mol. The van der Waals surface area contributed by atoms with Crippen molar-refractivity contribution >= 4 is 14.1 Å². The van der Waals surface area contributed by atoms with Gasteiger partial charge < -0.3 is 9.16 Å². The van der Waals surface area contributed by atoms with E-state index in [0.29, 0.717) is 6.42 Å². The first-order valence-corrected chi connectivity index (χ1v) is 10.6. The largest absolute Gasteiger partial charge is 0.411 e. The first-order valence-electron chi connectivity index (χ1n) is 7.19. The summed E-state index contributed by atoms with van der Waals surface area (Å²) in [4.78, 5) is 11.8. The third kappa shape index (κ3) is 2.71. The van der Waals surface area contributed by atoms with Crippen LogP contribution < -0.4 is 0 Å². The number of Topliss-reactive ketones (excluding diaryl/α,β-unsaturated/α-hetero) is 1. The van der Waals surface area contributed by atoms with Crippen molar-refractivity contribution in [1.82, 2.24) is 0 Å². The Hall–Kier alpha value is -0.453. The van der Waals surface area contributed by atoms with Gasteiger partial charge in [0.05, 0.1) is 17.8 Å². The maximum Gasteiger partial charge on any atom is 0.184 e. The van der Waals surface area contributed by atoms with Crippen molar-refractivity contribution in [3.05, 3.63) is 12.2 Å². The molecule has 4 atom stereocenters. The number of hydrogen-bond acceptors (Lipinski definition) is 3. The zero-order valence-corrected chi connectivity index (χ0v) is 13.9. The van der Waals surface area contributed by atoms with Crippen LogP contribution >= 0.6 is 0 Å². The number of carbonyl (C=O) groups excluding carboxylic acids is 1. The summed E-state index contributed by atoms with van der Waals surface area (Å²) >= 11 is 0. The molecule has 2 aliphatic rings. The molecule has 4 unspecified atom stereocenters. The van der Waals surface area contributed by atoms with Gasteiger partial charge in [0.25, 0.3) is 0 Å². The number of hydrogen-bond donors (Lipinski definition) is 0. The Morgan fingerprint density at radius 3 is 2.05 bits per heavy atom. The summed E-state index contributed by atoms with van der Waals surface area (Å²) in [6.45, 7) is 12.6. The van der Waals surface area contributed by atoms with Crippen LogP contribution in [0.3, 0.4) is 0 Å². The standard InChI is InChI=1S/C15H26O3Si/c1-10(16)9-15(18-19(4,5)6)11(2)13-7-8-14(17-13)12(15)3/h7-8,11-14H,9H2,1-6H3. The van der Waals surface area contributed by atoms with Crippen LogP contribution in [0.15, 0.2) is 12.2 Å². The summed E-state index contributed by atoms with van der Waals surface area (Å²) in [5, 5.41) is 0. The number of rotatable bonds is 4. The van der Waals surface area contributed by atoms with Crippen molar-refractivity contribution in [1.29, 1.82) is 0 Å². The molecular formula is C15H26O3Si. The minimum atomic E-state index is -1.73. The van der Waals surface area contributed by atoms with E-state index in [1.54, 1.807) is 6.92 Å². The Morgan fingerprint density at radius 1 is 1.21 bits per heavy atom. The highest BCUT2D eigenvalue weighted by Crippen LogP contribution is 2.48. The van der Waals surface area contributed by atoms with Crippen LogP contribution in [0.1, 0.15) is 27.2 Å². The van der Waals surface area contributed by atoms with Gasteiger partial charge in [0.15, 0.2) is 8.32 Å². The summed E-state index contributed by atoms with van der Waals surface area (Å²) in [5.74, 6) is 0.638. The van der Waals surface area contributed by atoms with Crippen LogP contribution in [0, 0.1) is 11.8 Å². The van der Waals surface area contributed by atoms with Crippen molar-refractivity contribution in [2.75, 3.05) is 0 Å². The van der Waals surface area contributed by atoms with Crippen LogP contribution in [0.5, 0.6) is 0 Å². The van der Waals surface area contributed by atoms with Gasteiger partial charge in [-0.15, -0.1) is 0 Å². The summed E-state index contributed by atoms with van der Waals surface area (Å²) in [7, 11) is -1.73. The Morgan fingerprint density at radius 2 is 1.68 bits per heavy atom. The highest BCUT2D eigenvalue weighted by atomic mass is 28.4. The van der Waals surface area contributed by atoms with Gasteiger partial charge in [0, 0.05) is 18.3 Å². The van der Waals surface area contributed by atoms with Gasteiger partial charge in [-0.25, -0.2) is 0 Å². The van der Waals surface area contributed by atoms with E-state index in [4.69, 9.17) is 9.16 Å². The lowest BCUT2D eigenvalue weighted by Gasteiger charge is -2.52. The first-order chi connectivity index (χ1) is 8.66.